The normalized spacial score (nSPS) is 18.7. The van der Waals surface area contributed by atoms with Crippen molar-refractivity contribution >= 4 is 23.7 Å². The Morgan fingerprint density at radius 3 is 2.34 bits per heavy atom. The fourth-order valence-corrected chi connectivity index (χ4v) is 5.53. The number of aliphatic carboxylic acids is 1. The van der Waals surface area contributed by atoms with Gasteiger partial charge in [0.05, 0.1) is 6.42 Å². The average molecular weight is 524 g/mol. The fourth-order valence-electron chi connectivity index (χ4n) is 5.53. The number of carboxylic acids is 1. The minimum absolute atomic E-state index is 0.0137. The summed E-state index contributed by atoms with van der Waals surface area (Å²) in [5.41, 5.74) is 1.06. The Labute approximate surface area is 221 Å². The molecule has 38 heavy (non-hydrogen) atoms. The van der Waals surface area contributed by atoms with Gasteiger partial charge in [0.25, 0.3) is 11.8 Å². The molecule has 2 unspecified atom stereocenters. The smallest absolute Gasteiger partial charge is 0.305 e. The van der Waals surface area contributed by atoms with Gasteiger partial charge >= 0.3 is 5.97 Å². The highest BCUT2D eigenvalue weighted by Gasteiger charge is 2.44. The van der Waals surface area contributed by atoms with Gasteiger partial charge in [0.1, 0.15) is 5.82 Å². The van der Waals surface area contributed by atoms with Gasteiger partial charge in [0.15, 0.2) is 6.17 Å². The maximum atomic E-state index is 13.9. The molecular weight excluding hydrogens is 489 g/mol. The summed E-state index contributed by atoms with van der Waals surface area (Å²) < 4.78 is 13.9. The van der Waals surface area contributed by atoms with Crippen LogP contribution in [0.3, 0.4) is 0 Å². The van der Waals surface area contributed by atoms with Gasteiger partial charge in [0.2, 0.25) is 5.91 Å². The van der Waals surface area contributed by atoms with E-state index in [4.69, 9.17) is 0 Å². The van der Waals surface area contributed by atoms with Crippen molar-refractivity contribution in [1.29, 1.82) is 0 Å². The Kier molecular flexibility index (Phi) is 9.10. The Morgan fingerprint density at radius 1 is 0.947 bits per heavy atom. The molecule has 202 valence electrons. The monoisotopic (exact) mass is 523 g/mol. The van der Waals surface area contributed by atoms with E-state index in [1.807, 2.05) is 30.3 Å². The molecule has 2 aliphatic rings. The van der Waals surface area contributed by atoms with Crippen LogP contribution < -0.4 is 5.32 Å². The number of hydrogen-bond acceptors (Lipinski definition) is 4. The van der Waals surface area contributed by atoms with Crippen LogP contribution in [0.2, 0.25) is 0 Å². The van der Waals surface area contributed by atoms with Crippen molar-refractivity contribution in [3.8, 4) is 0 Å². The Balaban J connectivity index is 1.56. The van der Waals surface area contributed by atoms with E-state index in [9.17, 15) is 28.7 Å². The van der Waals surface area contributed by atoms with Crippen LogP contribution in [0.1, 0.15) is 60.9 Å². The van der Waals surface area contributed by atoms with Crippen molar-refractivity contribution in [2.45, 2.75) is 63.6 Å². The lowest BCUT2D eigenvalue weighted by Crippen LogP contribution is -2.57. The molecule has 0 bridgehead atoms. The summed E-state index contributed by atoms with van der Waals surface area (Å²) in [6.07, 6.45) is 3.79. The first-order chi connectivity index (χ1) is 18.3. The van der Waals surface area contributed by atoms with Gasteiger partial charge in [-0.25, -0.2) is 4.39 Å². The summed E-state index contributed by atoms with van der Waals surface area (Å²) in [7, 11) is 0. The molecule has 0 spiro atoms. The maximum Gasteiger partial charge on any atom is 0.305 e. The van der Waals surface area contributed by atoms with Crippen molar-refractivity contribution in [2.24, 2.45) is 5.92 Å². The molecule has 2 fully saturated rings. The van der Waals surface area contributed by atoms with E-state index in [1.54, 1.807) is 0 Å². The minimum atomic E-state index is -1.24. The molecule has 1 aliphatic heterocycles. The van der Waals surface area contributed by atoms with Crippen LogP contribution in [0.5, 0.6) is 0 Å². The first-order valence-electron chi connectivity index (χ1n) is 13.3. The number of benzene rings is 2. The third-order valence-corrected chi connectivity index (χ3v) is 7.47. The zero-order valence-electron chi connectivity index (χ0n) is 21.4. The Morgan fingerprint density at radius 2 is 1.66 bits per heavy atom. The lowest BCUT2D eigenvalue weighted by Gasteiger charge is -2.34. The van der Waals surface area contributed by atoms with E-state index in [-0.39, 0.29) is 43.3 Å². The largest absolute Gasteiger partial charge is 0.481 e. The maximum absolute atomic E-state index is 13.9. The Hall–Kier alpha value is -3.75. The summed E-state index contributed by atoms with van der Waals surface area (Å²) >= 11 is 0. The number of halogens is 1. The van der Waals surface area contributed by atoms with Crippen molar-refractivity contribution in [2.75, 3.05) is 13.1 Å². The minimum Gasteiger partial charge on any atom is -0.481 e. The summed E-state index contributed by atoms with van der Waals surface area (Å²) in [5.74, 6) is -3.01. The molecule has 0 radical (unpaired) electrons. The molecular formula is C29H34FN3O5. The predicted octanol–water partition coefficient (Wildman–Crippen LogP) is 3.61. The number of hydrogen-bond donors (Lipinski definition) is 2. The molecule has 2 aromatic carbocycles. The van der Waals surface area contributed by atoms with E-state index in [2.05, 4.69) is 5.32 Å². The molecule has 1 saturated carbocycles. The standard InChI is InChI=1S/C29H34FN3O5/c30-23-13-7-12-22(18-23)29(38)33-17-16-32(25(34)15-14-20-8-3-1-4-9-20)28(33)27(37)31-24(19-26(35)36)21-10-5-2-6-11-21/h1,3-4,7-9,12-13,18,21,24,28H,2,5-6,10-11,14-17,19H2,(H,31,37)(H,35,36). The lowest BCUT2D eigenvalue weighted by atomic mass is 9.82. The van der Waals surface area contributed by atoms with Gasteiger partial charge < -0.3 is 20.2 Å². The van der Waals surface area contributed by atoms with E-state index < -0.39 is 35.8 Å². The number of rotatable bonds is 9. The summed E-state index contributed by atoms with van der Waals surface area (Å²) in [4.78, 5) is 54.7. The average Bonchev–Trinajstić information content (AvgIpc) is 3.37. The van der Waals surface area contributed by atoms with Crippen LogP contribution in [0.4, 0.5) is 4.39 Å². The number of aryl methyl sites for hydroxylation is 1. The third-order valence-electron chi connectivity index (χ3n) is 7.47. The highest BCUT2D eigenvalue weighted by Crippen LogP contribution is 2.29. The molecule has 1 heterocycles. The van der Waals surface area contributed by atoms with Crippen LogP contribution in [-0.4, -0.2) is 63.9 Å². The van der Waals surface area contributed by atoms with Crippen LogP contribution >= 0.6 is 0 Å². The second kappa shape index (κ2) is 12.7. The number of nitrogens with one attached hydrogen (secondary N) is 1. The number of amides is 3. The first-order valence-corrected chi connectivity index (χ1v) is 13.3. The molecule has 9 heteroatoms. The second-order valence-electron chi connectivity index (χ2n) is 10.1. The number of carboxylic acid groups (broad SMARTS) is 1. The molecule has 2 N–H and O–H groups in total. The second-order valence-corrected chi connectivity index (χ2v) is 10.1. The van der Waals surface area contributed by atoms with Gasteiger partial charge in [-0.3, -0.25) is 19.2 Å². The zero-order valence-corrected chi connectivity index (χ0v) is 21.4. The molecule has 1 saturated heterocycles. The molecule has 3 amide bonds. The van der Waals surface area contributed by atoms with Crippen LogP contribution in [0.15, 0.2) is 54.6 Å². The number of carbonyl (C=O) groups is 4. The summed E-state index contributed by atoms with van der Waals surface area (Å²) in [6.45, 7) is 0.261. The van der Waals surface area contributed by atoms with Crippen molar-refractivity contribution in [3.63, 3.8) is 0 Å². The van der Waals surface area contributed by atoms with Gasteiger partial charge in [-0.15, -0.1) is 0 Å². The summed E-state index contributed by atoms with van der Waals surface area (Å²) in [5, 5.41) is 12.4. The third kappa shape index (κ3) is 6.76. The van der Waals surface area contributed by atoms with E-state index in [0.717, 1.165) is 43.7 Å². The molecule has 8 nitrogen and oxygen atoms in total. The van der Waals surface area contributed by atoms with Gasteiger partial charge in [0, 0.05) is 31.1 Å². The summed E-state index contributed by atoms with van der Waals surface area (Å²) in [6, 6.07) is 14.1. The fraction of sp³-hybridized carbons (Fsp3) is 0.448. The molecule has 2 atom stereocenters. The molecule has 2 aromatic rings. The molecule has 4 rings (SSSR count). The van der Waals surface area contributed by atoms with Crippen molar-refractivity contribution in [3.05, 3.63) is 71.5 Å². The number of carbonyl (C=O) groups excluding carboxylic acids is 3. The SMILES string of the molecule is O=C(O)CC(NC(=O)C1N(C(=O)CCc2ccccc2)CCN1C(=O)c1cccc(F)c1)C1CCCCC1. The quantitative estimate of drug-likeness (QED) is 0.522. The van der Waals surface area contributed by atoms with Gasteiger partial charge in [-0.1, -0.05) is 55.7 Å². The first kappa shape index (κ1) is 27.3. The number of nitrogens with zero attached hydrogens (tertiary/aromatic N) is 2. The predicted molar refractivity (Wildman–Crippen MR) is 138 cm³/mol. The molecule has 0 aromatic heterocycles. The van der Waals surface area contributed by atoms with Gasteiger partial charge in [-0.05, 0) is 48.9 Å². The van der Waals surface area contributed by atoms with E-state index in [1.165, 1.54) is 28.0 Å². The topological polar surface area (TPSA) is 107 Å². The zero-order chi connectivity index (χ0) is 27.1. The molecule has 1 aliphatic carbocycles. The Bertz CT molecular complexity index is 1150. The van der Waals surface area contributed by atoms with Crippen LogP contribution in [-0.2, 0) is 20.8 Å². The van der Waals surface area contributed by atoms with Crippen LogP contribution in [0, 0.1) is 11.7 Å². The lowest BCUT2D eigenvalue weighted by molar-refractivity contribution is -0.143. The van der Waals surface area contributed by atoms with E-state index in [0.29, 0.717) is 6.42 Å². The van der Waals surface area contributed by atoms with E-state index >= 15 is 0 Å². The van der Waals surface area contributed by atoms with Gasteiger partial charge in [-0.2, -0.15) is 0 Å². The highest BCUT2D eigenvalue weighted by atomic mass is 19.1. The van der Waals surface area contributed by atoms with Crippen molar-refractivity contribution in [1.82, 2.24) is 15.1 Å². The van der Waals surface area contributed by atoms with Crippen LogP contribution in [0.25, 0.3) is 0 Å². The van der Waals surface area contributed by atoms with Crippen molar-refractivity contribution < 1.29 is 28.7 Å². The highest BCUT2D eigenvalue weighted by molar-refractivity contribution is 5.99.